The number of nitrogens with zero attached hydrogens (tertiary/aromatic N) is 1. The second-order valence-corrected chi connectivity index (χ2v) is 6.15. The van der Waals surface area contributed by atoms with Gasteiger partial charge in [-0.25, -0.2) is 0 Å². The Kier molecular flexibility index (Phi) is 6.31. The van der Waals surface area contributed by atoms with Gasteiger partial charge in [-0.3, -0.25) is 9.59 Å². The maximum atomic E-state index is 12.6. The van der Waals surface area contributed by atoms with Crippen LogP contribution < -0.4 is 5.32 Å². The molecule has 2 N–H and O–H groups in total. The fraction of sp³-hybridized carbons (Fsp3) is 0.300. The molecule has 0 aliphatic carbocycles. The van der Waals surface area contributed by atoms with Crippen LogP contribution in [0.2, 0.25) is 0 Å². The number of aliphatic hydroxyl groups is 1. The molecule has 2 aromatic rings. The number of benzene rings is 2. The Hall–Kier alpha value is -2.66. The number of carbonyl (C=O) groups excluding carboxylic acids is 2. The van der Waals surface area contributed by atoms with Gasteiger partial charge in [0.1, 0.15) is 0 Å². The van der Waals surface area contributed by atoms with Gasteiger partial charge in [-0.05, 0) is 36.6 Å². The Morgan fingerprint density at radius 1 is 1.16 bits per heavy atom. The van der Waals surface area contributed by atoms with E-state index in [4.69, 9.17) is 0 Å². The molecule has 1 atom stereocenters. The van der Waals surface area contributed by atoms with E-state index in [9.17, 15) is 14.7 Å². The van der Waals surface area contributed by atoms with Crippen LogP contribution in [0.1, 0.15) is 40.9 Å². The second kappa shape index (κ2) is 8.44. The van der Waals surface area contributed by atoms with Gasteiger partial charge in [-0.15, -0.1) is 0 Å². The number of hydrogen-bond acceptors (Lipinski definition) is 3. The highest BCUT2D eigenvalue weighted by Crippen LogP contribution is 2.19. The summed E-state index contributed by atoms with van der Waals surface area (Å²) in [6.45, 7) is 3.74. The third-order valence-corrected chi connectivity index (χ3v) is 4.06. The molecule has 25 heavy (non-hydrogen) atoms. The van der Waals surface area contributed by atoms with Gasteiger partial charge in [-0.1, -0.05) is 36.4 Å². The topological polar surface area (TPSA) is 69.6 Å². The van der Waals surface area contributed by atoms with E-state index in [0.29, 0.717) is 24.2 Å². The van der Waals surface area contributed by atoms with Crippen LogP contribution in [-0.2, 0) is 4.79 Å². The van der Waals surface area contributed by atoms with Crippen LogP contribution in [0, 0.1) is 6.92 Å². The average Bonchev–Trinajstić information content (AvgIpc) is 2.61. The molecule has 0 radical (unpaired) electrons. The summed E-state index contributed by atoms with van der Waals surface area (Å²) in [7, 11) is 1.71. The summed E-state index contributed by atoms with van der Waals surface area (Å²) >= 11 is 0. The van der Waals surface area contributed by atoms with Gasteiger partial charge in [0.2, 0.25) is 5.91 Å². The Bertz CT molecular complexity index is 744. The smallest absolute Gasteiger partial charge is 0.253 e. The fourth-order valence-corrected chi connectivity index (χ4v) is 2.56. The number of anilines is 1. The van der Waals surface area contributed by atoms with Crippen LogP contribution in [0.5, 0.6) is 0 Å². The molecule has 0 saturated carbocycles. The summed E-state index contributed by atoms with van der Waals surface area (Å²) in [6, 6.07) is 14.6. The summed E-state index contributed by atoms with van der Waals surface area (Å²) in [5.74, 6) is -0.320. The van der Waals surface area contributed by atoms with Gasteiger partial charge in [0.25, 0.3) is 5.91 Å². The van der Waals surface area contributed by atoms with E-state index >= 15 is 0 Å². The molecular weight excluding hydrogens is 316 g/mol. The first kappa shape index (κ1) is 18.7. The van der Waals surface area contributed by atoms with Crippen LogP contribution in [0.3, 0.4) is 0 Å². The SMILES string of the molecule is CC(=O)Nc1cc(C(=O)N(C)CCC(O)c2ccccc2)ccc1C. The third kappa shape index (κ3) is 5.16. The third-order valence-electron chi connectivity index (χ3n) is 4.06. The van der Waals surface area contributed by atoms with Gasteiger partial charge >= 0.3 is 0 Å². The molecule has 0 heterocycles. The number of rotatable bonds is 6. The second-order valence-electron chi connectivity index (χ2n) is 6.15. The minimum absolute atomic E-state index is 0.146. The van der Waals surface area contributed by atoms with Crippen molar-refractivity contribution in [2.45, 2.75) is 26.4 Å². The van der Waals surface area contributed by atoms with E-state index in [0.717, 1.165) is 11.1 Å². The van der Waals surface area contributed by atoms with E-state index in [1.807, 2.05) is 43.3 Å². The van der Waals surface area contributed by atoms with Crippen molar-refractivity contribution in [3.8, 4) is 0 Å². The molecule has 2 aromatic carbocycles. The van der Waals surface area contributed by atoms with Crippen LogP contribution in [0.25, 0.3) is 0 Å². The highest BCUT2D eigenvalue weighted by atomic mass is 16.3. The number of nitrogens with one attached hydrogen (secondary N) is 1. The maximum Gasteiger partial charge on any atom is 0.253 e. The first-order valence-corrected chi connectivity index (χ1v) is 8.25. The van der Waals surface area contributed by atoms with Gasteiger partial charge in [0.05, 0.1) is 6.10 Å². The van der Waals surface area contributed by atoms with Crippen molar-refractivity contribution >= 4 is 17.5 Å². The van der Waals surface area contributed by atoms with Crippen molar-refractivity contribution in [2.75, 3.05) is 18.9 Å². The molecule has 2 amide bonds. The minimum Gasteiger partial charge on any atom is -0.388 e. The van der Waals surface area contributed by atoms with Gasteiger partial charge in [0, 0.05) is 31.8 Å². The zero-order valence-corrected chi connectivity index (χ0v) is 14.8. The lowest BCUT2D eigenvalue weighted by atomic mass is 10.1. The molecule has 132 valence electrons. The molecule has 0 saturated heterocycles. The molecule has 1 unspecified atom stereocenters. The Morgan fingerprint density at radius 2 is 1.84 bits per heavy atom. The van der Waals surface area contributed by atoms with Crippen LogP contribution >= 0.6 is 0 Å². The zero-order chi connectivity index (χ0) is 18.4. The standard InChI is InChI=1S/C20H24N2O3/c1-14-9-10-17(13-18(14)21-15(2)23)20(25)22(3)12-11-19(24)16-7-5-4-6-8-16/h4-10,13,19,24H,11-12H2,1-3H3,(H,21,23). The molecule has 0 aromatic heterocycles. The van der Waals surface area contributed by atoms with Gasteiger partial charge in [0.15, 0.2) is 0 Å². The molecule has 5 nitrogen and oxygen atoms in total. The maximum absolute atomic E-state index is 12.6. The molecule has 0 spiro atoms. The minimum atomic E-state index is -0.607. The van der Waals surface area contributed by atoms with Crippen LogP contribution in [-0.4, -0.2) is 35.4 Å². The van der Waals surface area contributed by atoms with Crippen molar-refractivity contribution in [3.63, 3.8) is 0 Å². The lowest BCUT2D eigenvalue weighted by Crippen LogP contribution is -2.28. The molecule has 0 aliphatic rings. The van der Waals surface area contributed by atoms with Crippen molar-refractivity contribution in [3.05, 3.63) is 65.2 Å². The Morgan fingerprint density at radius 3 is 2.48 bits per heavy atom. The summed E-state index contributed by atoms with van der Waals surface area (Å²) in [5.41, 5.74) is 2.88. The molecule has 0 fully saturated rings. The monoisotopic (exact) mass is 340 g/mol. The first-order valence-electron chi connectivity index (χ1n) is 8.25. The Labute approximate surface area is 148 Å². The van der Waals surface area contributed by atoms with Crippen molar-refractivity contribution in [1.82, 2.24) is 4.90 Å². The molecule has 0 aliphatic heterocycles. The lowest BCUT2D eigenvalue weighted by molar-refractivity contribution is -0.114. The van der Waals surface area contributed by atoms with Crippen molar-refractivity contribution in [2.24, 2.45) is 0 Å². The molecule has 5 heteroatoms. The van der Waals surface area contributed by atoms with Crippen molar-refractivity contribution in [1.29, 1.82) is 0 Å². The summed E-state index contributed by atoms with van der Waals surface area (Å²) in [5, 5.41) is 12.9. The van der Waals surface area contributed by atoms with Gasteiger partial charge < -0.3 is 15.3 Å². The number of amides is 2. The number of hydrogen-bond donors (Lipinski definition) is 2. The van der Waals surface area contributed by atoms with Crippen LogP contribution in [0.15, 0.2) is 48.5 Å². The summed E-state index contributed by atoms with van der Waals surface area (Å²) in [4.78, 5) is 25.4. The number of aryl methyl sites for hydroxylation is 1. The summed E-state index contributed by atoms with van der Waals surface area (Å²) < 4.78 is 0. The first-order chi connectivity index (χ1) is 11.9. The fourth-order valence-electron chi connectivity index (χ4n) is 2.56. The normalized spacial score (nSPS) is 11.7. The lowest BCUT2D eigenvalue weighted by Gasteiger charge is -2.20. The molecule has 2 rings (SSSR count). The predicted molar refractivity (Wildman–Crippen MR) is 98.5 cm³/mol. The van der Waals surface area contributed by atoms with E-state index in [2.05, 4.69) is 5.32 Å². The van der Waals surface area contributed by atoms with E-state index in [1.165, 1.54) is 6.92 Å². The quantitative estimate of drug-likeness (QED) is 0.849. The summed E-state index contributed by atoms with van der Waals surface area (Å²) in [6.07, 6.45) is -0.152. The highest BCUT2D eigenvalue weighted by Gasteiger charge is 2.15. The molecular formula is C20H24N2O3. The van der Waals surface area contributed by atoms with E-state index < -0.39 is 6.10 Å². The number of aliphatic hydroxyl groups excluding tert-OH is 1. The van der Waals surface area contributed by atoms with Crippen molar-refractivity contribution < 1.29 is 14.7 Å². The highest BCUT2D eigenvalue weighted by molar-refractivity contribution is 5.97. The molecule has 0 bridgehead atoms. The predicted octanol–water partition coefficient (Wildman–Crippen LogP) is 3.15. The Balaban J connectivity index is 2.01. The zero-order valence-electron chi connectivity index (χ0n) is 14.8. The average molecular weight is 340 g/mol. The number of carbonyl (C=O) groups is 2. The van der Waals surface area contributed by atoms with E-state index in [1.54, 1.807) is 24.1 Å². The van der Waals surface area contributed by atoms with E-state index in [-0.39, 0.29) is 11.8 Å². The largest absolute Gasteiger partial charge is 0.388 e. The van der Waals surface area contributed by atoms with Crippen LogP contribution in [0.4, 0.5) is 5.69 Å². The van der Waals surface area contributed by atoms with Gasteiger partial charge in [-0.2, -0.15) is 0 Å².